The molecule has 0 amide bonds. The van der Waals surface area contributed by atoms with Crippen LogP contribution in [0.4, 0.5) is 13.2 Å². The fourth-order valence-corrected chi connectivity index (χ4v) is 3.31. The van der Waals surface area contributed by atoms with Crippen LogP contribution in [0.5, 0.6) is 5.75 Å². The van der Waals surface area contributed by atoms with E-state index in [1.165, 1.54) is 6.20 Å². The van der Waals surface area contributed by atoms with Crippen LogP contribution in [-0.4, -0.2) is 22.5 Å². The number of nitrogens with one attached hydrogen (secondary N) is 2. The van der Waals surface area contributed by atoms with E-state index in [1.54, 1.807) is 25.4 Å². The van der Waals surface area contributed by atoms with Crippen LogP contribution in [0.15, 0.2) is 60.9 Å². The van der Waals surface area contributed by atoms with Gasteiger partial charge in [0, 0.05) is 29.6 Å². The highest BCUT2D eigenvalue weighted by atomic mass is 19.1. The van der Waals surface area contributed by atoms with Crippen molar-refractivity contribution in [3.63, 3.8) is 0 Å². The van der Waals surface area contributed by atoms with Gasteiger partial charge >= 0.3 is 0 Å². The highest BCUT2D eigenvalue weighted by Crippen LogP contribution is 2.22. The summed E-state index contributed by atoms with van der Waals surface area (Å²) in [4.78, 5) is 4.29. The number of hydrogen-bond donors (Lipinski definition) is 2. The van der Waals surface area contributed by atoms with Gasteiger partial charge in [-0.1, -0.05) is 6.07 Å². The summed E-state index contributed by atoms with van der Waals surface area (Å²) in [5.41, 5.74) is 1.26. The summed E-state index contributed by atoms with van der Waals surface area (Å²) < 4.78 is 47.8. The van der Waals surface area contributed by atoms with Crippen LogP contribution in [0.1, 0.15) is 5.56 Å². The Balaban J connectivity index is 1.70. The number of methoxy groups -OCH3 is 1. The second-order valence-electron chi connectivity index (χ2n) is 6.98. The van der Waals surface area contributed by atoms with Gasteiger partial charge in [0.15, 0.2) is 11.3 Å². The number of halogens is 3. The minimum Gasteiger partial charge on any atom is -0.495 e. The summed E-state index contributed by atoms with van der Waals surface area (Å²) in [6.07, 6.45) is 3.04. The first kappa shape index (κ1) is 20.3. The quantitative estimate of drug-likeness (QED) is 0.370. The molecule has 2 heterocycles. The van der Waals surface area contributed by atoms with Gasteiger partial charge in [0.05, 0.1) is 18.8 Å². The molecule has 0 bridgehead atoms. The van der Waals surface area contributed by atoms with Gasteiger partial charge in [0.25, 0.3) is 0 Å². The first-order valence-electron chi connectivity index (χ1n) is 9.28. The van der Waals surface area contributed by atoms with Crippen LogP contribution in [0.2, 0.25) is 0 Å². The SMILES string of the molecule is COc1cnc2ccc(CC(=N)n3cc(-c4cc(F)cc(F)c4)cc(F)c3=N)cc2c1. The highest BCUT2D eigenvalue weighted by Gasteiger charge is 2.12. The lowest BCUT2D eigenvalue weighted by Crippen LogP contribution is -2.30. The lowest BCUT2D eigenvalue weighted by Gasteiger charge is -2.13. The predicted molar refractivity (Wildman–Crippen MR) is 111 cm³/mol. The van der Waals surface area contributed by atoms with Crippen molar-refractivity contribution < 1.29 is 17.9 Å². The van der Waals surface area contributed by atoms with Gasteiger partial charge in [-0.3, -0.25) is 20.4 Å². The van der Waals surface area contributed by atoms with E-state index in [0.717, 1.165) is 45.3 Å². The highest BCUT2D eigenvalue weighted by molar-refractivity contribution is 5.87. The molecule has 2 aromatic carbocycles. The van der Waals surface area contributed by atoms with Crippen molar-refractivity contribution in [2.24, 2.45) is 0 Å². The van der Waals surface area contributed by atoms with Crippen LogP contribution in [-0.2, 0) is 6.42 Å². The Bertz CT molecular complexity index is 1360. The molecule has 2 N–H and O–H groups in total. The van der Waals surface area contributed by atoms with E-state index < -0.39 is 22.9 Å². The molecule has 0 radical (unpaired) electrons. The second-order valence-corrected chi connectivity index (χ2v) is 6.98. The van der Waals surface area contributed by atoms with Gasteiger partial charge < -0.3 is 4.74 Å². The van der Waals surface area contributed by atoms with E-state index in [-0.39, 0.29) is 23.4 Å². The van der Waals surface area contributed by atoms with Crippen LogP contribution in [0.25, 0.3) is 22.0 Å². The van der Waals surface area contributed by atoms with Crippen LogP contribution < -0.4 is 10.2 Å². The summed E-state index contributed by atoms with van der Waals surface area (Å²) >= 11 is 0. The Morgan fingerprint density at radius 1 is 1.00 bits per heavy atom. The molecule has 0 saturated heterocycles. The average Bonchev–Trinajstić information content (AvgIpc) is 2.74. The lowest BCUT2D eigenvalue weighted by atomic mass is 10.1. The molecule has 0 atom stereocenters. The smallest absolute Gasteiger partial charge is 0.167 e. The first-order chi connectivity index (χ1) is 14.8. The summed E-state index contributed by atoms with van der Waals surface area (Å²) in [7, 11) is 1.54. The molecule has 8 heteroatoms. The third-order valence-electron chi connectivity index (χ3n) is 4.83. The Morgan fingerprint density at radius 3 is 2.45 bits per heavy atom. The minimum absolute atomic E-state index is 0.0715. The van der Waals surface area contributed by atoms with Gasteiger partial charge in [0.2, 0.25) is 0 Å². The van der Waals surface area contributed by atoms with Crippen molar-refractivity contribution in [2.75, 3.05) is 7.11 Å². The van der Waals surface area contributed by atoms with Gasteiger partial charge in [-0.05, 0) is 47.5 Å². The topological polar surface area (TPSA) is 74.8 Å². The monoisotopic (exact) mass is 422 g/mol. The maximum atomic E-state index is 14.4. The largest absolute Gasteiger partial charge is 0.495 e. The molecular weight excluding hydrogens is 405 g/mol. The number of ether oxygens (including phenoxy) is 1. The average molecular weight is 422 g/mol. The number of aromatic nitrogens is 2. The van der Waals surface area contributed by atoms with Gasteiger partial charge in [-0.2, -0.15) is 0 Å². The second kappa shape index (κ2) is 8.06. The summed E-state index contributed by atoms with van der Waals surface area (Å²) in [6.45, 7) is 0. The Labute approximate surface area is 175 Å². The normalized spacial score (nSPS) is 11.0. The first-order valence-corrected chi connectivity index (χ1v) is 9.28. The fourth-order valence-electron chi connectivity index (χ4n) is 3.31. The molecule has 31 heavy (non-hydrogen) atoms. The van der Waals surface area contributed by atoms with Crippen molar-refractivity contribution in [3.8, 4) is 16.9 Å². The fraction of sp³-hybridized carbons (Fsp3) is 0.0870. The molecule has 0 aliphatic carbocycles. The van der Waals surface area contributed by atoms with Crippen molar-refractivity contribution >= 4 is 16.7 Å². The Kier molecular flexibility index (Phi) is 5.29. The van der Waals surface area contributed by atoms with Crippen molar-refractivity contribution in [1.82, 2.24) is 9.55 Å². The van der Waals surface area contributed by atoms with Gasteiger partial charge in [-0.25, -0.2) is 13.2 Å². The molecule has 4 rings (SSSR count). The molecule has 0 spiro atoms. The lowest BCUT2D eigenvalue weighted by molar-refractivity contribution is 0.414. The van der Waals surface area contributed by atoms with Gasteiger partial charge in [0.1, 0.15) is 23.2 Å². The zero-order valence-electron chi connectivity index (χ0n) is 16.4. The van der Waals surface area contributed by atoms with E-state index in [2.05, 4.69) is 4.98 Å². The maximum absolute atomic E-state index is 14.4. The zero-order valence-corrected chi connectivity index (χ0v) is 16.4. The molecule has 0 unspecified atom stereocenters. The third kappa shape index (κ3) is 4.18. The molecule has 5 nitrogen and oxygen atoms in total. The van der Waals surface area contributed by atoms with Crippen molar-refractivity contribution in [3.05, 3.63) is 89.4 Å². The summed E-state index contributed by atoms with van der Waals surface area (Å²) in [6, 6.07) is 11.1. The Morgan fingerprint density at radius 2 is 1.74 bits per heavy atom. The summed E-state index contributed by atoms with van der Waals surface area (Å²) in [5, 5.41) is 17.2. The number of fused-ring (bicyclic) bond motifs is 1. The van der Waals surface area contributed by atoms with Crippen molar-refractivity contribution in [2.45, 2.75) is 6.42 Å². The van der Waals surface area contributed by atoms with Crippen molar-refractivity contribution in [1.29, 1.82) is 10.8 Å². The number of pyridine rings is 2. The predicted octanol–water partition coefficient (Wildman–Crippen LogP) is 4.68. The minimum atomic E-state index is -0.903. The van der Waals surface area contributed by atoms with Gasteiger partial charge in [-0.15, -0.1) is 0 Å². The molecule has 2 aromatic heterocycles. The molecule has 0 aliphatic heterocycles. The van der Waals surface area contributed by atoms with E-state index >= 15 is 0 Å². The van der Waals surface area contributed by atoms with E-state index in [4.69, 9.17) is 15.6 Å². The van der Waals surface area contributed by atoms with E-state index in [9.17, 15) is 13.2 Å². The maximum Gasteiger partial charge on any atom is 0.167 e. The molecule has 4 aromatic rings. The molecule has 0 aliphatic rings. The molecule has 0 fully saturated rings. The van der Waals surface area contributed by atoms with Crippen LogP contribution in [0, 0.1) is 28.3 Å². The number of nitrogens with zero attached hydrogens (tertiary/aromatic N) is 2. The zero-order chi connectivity index (χ0) is 22.1. The van der Waals surface area contributed by atoms with E-state index in [1.807, 2.05) is 12.1 Å². The van der Waals surface area contributed by atoms with Crippen LogP contribution >= 0.6 is 0 Å². The number of rotatable bonds is 4. The number of hydrogen-bond acceptors (Lipinski definition) is 4. The van der Waals surface area contributed by atoms with E-state index in [0.29, 0.717) is 5.75 Å². The van der Waals surface area contributed by atoms with Crippen LogP contribution in [0.3, 0.4) is 0 Å². The number of benzene rings is 2. The molecule has 0 saturated carbocycles. The summed E-state index contributed by atoms with van der Waals surface area (Å²) in [5.74, 6) is -1.98. The molecular formula is C23H17F3N4O. The standard InChI is InChI=1S/C23H17F3N4O/c1-31-19-8-15-4-13(2-3-21(15)29-11-19)5-22(27)30-12-16(9-20(26)23(30)28)14-6-17(24)10-18(25)7-14/h2-4,6-12,27-28H,5H2,1H3. The Hall–Kier alpha value is -3.94. The molecule has 156 valence electrons. The third-order valence-corrected chi connectivity index (χ3v) is 4.83.